The van der Waals surface area contributed by atoms with Gasteiger partial charge in [-0.15, -0.1) is 0 Å². The average Bonchev–Trinajstić information content (AvgIpc) is 3.14. The molecule has 1 amide bonds. The van der Waals surface area contributed by atoms with Gasteiger partial charge in [-0.3, -0.25) is 9.69 Å². The van der Waals surface area contributed by atoms with Gasteiger partial charge in [0.25, 0.3) is 5.91 Å². The maximum atomic E-state index is 13.8. The minimum atomic E-state index is -0.753. The van der Waals surface area contributed by atoms with Crippen LogP contribution in [0.25, 0.3) is 0 Å². The predicted octanol–water partition coefficient (Wildman–Crippen LogP) is 5.48. The number of carbonyl (C=O) groups is 1. The van der Waals surface area contributed by atoms with E-state index in [1.807, 2.05) is 18.2 Å². The molecule has 2 aliphatic rings. The van der Waals surface area contributed by atoms with Gasteiger partial charge in [-0.05, 0) is 74.3 Å². The van der Waals surface area contributed by atoms with Crippen LogP contribution < -0.4 is 9.64 Å². The van der Waals surface area contributed by atoms with Crippen molar-refractivity contribution in [3.05, 3.63) is 94.6 Å². The van der Waals surface area contributed by atoms with Crippen LogP contribution >= 0.6 is 0 Å². The first-order chi connectivity index (χ1) is 16.4. The Kier molecular flexibility index (Phi) is 5.86. The summed E-state index contributed by atoms with van der Waals surface area (Å²) in [7, 11) is 1.63. The van der Waals surface area contributed by atoms with Crippen molar-refractivity contribution in [3.8, 4) is 5.75 Å². The molecule has 0 aliphatic carbocycles. The topological polar surface area (TPSA) is 32.8 Å². The summed E-state index contributed by atoms with van der Waals surface area (Å²) in [5, 5.41) is 0. The monoisotopic (exact) mass is 462 g/mol. The van der Waals surface area contributed by atoms with Crippen LogP contribution in [-0.2, 0) is 12.0 Å². The van der Waals surface area contributed by atoms with Gasteiger partial charge < -0.3 is 9.64 Å². The molecule has 0 atom stereocenters. The Hall–Kier alpha value is -3.25. The highest BCUT2D eigenvalue weighted by atomic mass is 19.1. The smallest absolute Gasteiger partial charge is 0.258 e. The van der Waals surface area contributed by atoms with Crippen molar-refractivity contribution in [1.82, 2.24) is 4.90 Å². The van der Waals surface area contributed by atoms with Crippen LogP contribution in [0, 0.1) is 18.6 Å². The van der Waals surface area contributed by atoms with Crippen molar-refractivity contribution < 1.29 is 18.3 Å². The first kappa shape index (κ1) is 22.5. The molecule has 1 saturated heterocycles. The van der Waals surface area contributed by atoms with E-state index in [0.717, 1.165) is 67.7 Å². The minimum Gasteiger partial charge on any atom is -0.497 e. The van der Waals surface area contributed by atoms with E-state index < -0.39 is 11.6 Å². The third-order valence-corrected chi connectivity index (χ3v) is 7.22. The molecule has 5 rings (SSSR count). The third kappa shape index (κ3) is 4.18. The summed E-state index contributed by atoms with van der Waals surface area (Å²) in [4.78, 5) is 17.5. The van der Waals surface area contributed by atoms with Crippen molar-refractivity contribution in [2.24, 2.45) is 0 Å². The molecular weight excluding hydrogens is 434 g/mol. The largest absolute Gasteiger partial charge is 0.497 e. The zero-order valence-corrected chi connectivity index (χ0v) is 19.5. The number of likely N-dealkylation sites (tertiary alicyclic amines) is 1. The van der Waals surface area contributed by atoms with E-state index in [1.54, 1.807) is 12.0 Å². The van der Waals surface area contributed by atoms with Crippen molar-refractivity contribution in [3.63, 3.8) is 0 Å². The molecule has 1 spiro atoms. The summed E-state index contributed by atoms with van der Waals surface area (Å²) >= 11 is 0. The lowest BCUT2D eigenvalue weighted by atomic mass is 9.74. The van der Waals surface area contributed by atoms with Crippen molar-refractivity contribution in [2.75, 3.05) is 31.6 Å². The van der Waals surface area contributed by atoms with E-state index in [9.17, 15) is 13.6 Å². The molecule has 2 heterocycles. The van der Waals surface area contributed by atoms with E-state index in [-0.39, 0.29) is 16.9 Å². The first-order valence-corrected chi connectivity index (χ1v) is 11.6. The number of hydrogen-bond donors (Lipinski definition) is 0. The molecule has 0 saturated carbocycles. The summed E-state index contributed by atoms with van der Waals surface area (Å²) in [5.74, 6) is -1.15. The van der Waals surface area contributed by atoms with Crippen LogP contribution in [0.15, 0.2) is 60.7 Å². The van der Waals surface area contributed by atoms with E-state index in [2.05, 4.69) is 36.1 Å². The van der Waals surface area contributed by atoms with Crippen LogP contribution in [0.1, 0.15) is 39.9 Å². The number of hydrogen-bond acceptors (Lipinski definition) is 3. The van der Waals surface area contributed by atoms with E-state index in [4.69, 9.17) is 4.74 Å². The fraction of sp³-hybridized carbons (Fsp3) is 0.321. The minimum absolute atomic E-state index is 0.0214. The van der Waals surface area contributed by atoms with Crippen LogP contribution in [0.2, 0.25) is 0 Å². The molecule has 3 aromatic rings. The molecule has 34 heavy (non-hydrogen) atoms. The number of rotatable bonds is 4. The maximum absolute atomic E-state index is 13.8. The number of halogens is 2. The molecule has 6 heteroatoms. The summed E-state index contributed by atoms with van der Waals surface area (Å²) in [6.45, 7) is 5.28. The third-order valence-electron chi connectivity index (χ3n) is 7.22. The second kappa shape index (κ2) is 8.84. The van der Waals surface area contributed by atoms with Crippen molar-refractivity contribution in [2.45, 2.75) is 31.7 Å². The first-order valence-electron chi connectivity index (χ1n) is 11.6. The molecular formula is C28H28F2N2O2. The number of aryl methyl sites for hydroxylation is 1. The lowest BCUT2D eigenvalue weighted by molar-refractivity contribution is 0.0974. The fourth-order valence-electron chi connectivity index (χ4n) is 5.31. The predicted molar refractivity (Wildman–Crippen MR) is 128 cm³/mol. The molecule has 0 aromatic heterocycles. The molecule has 0 bridgehead atoms. The van der Waals surface area contributed by atoms with Gasteiger partial charge in [0.15, 0.2) is 0 Å². The van der Waals surface area contributed by atoms with Crippen LogP contribution in [0.3, 0.4) is 0 Å². The lowest BCUT2D eigenvalue weighted by Gasteiger charge is -2.40. The Morgan fingerprint density at radius 2 is 1.65 bits per heavy atom. The number of carbonyl (C=O) groups excluding carboxylic acids is 1. The van der Waals surface area contributed by atoms with E-state index in [1.165, 1.54) is 11.1 Å². The van der Waals surface area contributed by atoms with Crippen molar-refractivity contribution in [1.29, 1.82) is 0 Å². The Labute approximate surface area is 198 Å². The zero-order chi connectivity index (χ0) is 23.9. The van der Waals surface area contributed by atoms with Gasteiger partial charge in [0.2, 0.25) is 0 Å². The van der Waals surface area contributed by atoms with Gasteiger partial charge in [-0.2, -0.15) is 0 Å². The van der Waals surface area contributed by atoms with Gasteiger partial charge in [-0.1, -0.05) is 29.8 Å². The summed E-state index contributed by atoms with van der Waals surface area (Å²) in [5.41, 5.74) is 4.22. The molecule has 2 aliphatic heterocycles. The number of methoxy groups -OCH3 is 1. The Morgan fingerprint density at radius 1 is 0.971 bits per heavy atom. The molecule has 176 valence electrons. The quantitative estimate of drug-likeness (QED) is 0.515. The number of benzene rings is 3. The Balaban J connectivity index is 1.41. The van der Waals surface area contributed by atoms with Gasteiger partial charge in [0, 0.05) is 35.8 Å². The average molecular weight is 463 g/mol. The van der Waals surface area contributed by atoms with Gasteiger partial charge in [-0.25, -0.2) is 8.78 Å². The zero-order valence-electron chi connectivity index (χ0n) is 19.5. The van der Waals surface area contributed by atoms with Gasteiger partial charge in [0.05, 0.1) is 7.11 Å². The molecule has 0 unspecified atom stereocenters. The molecule has 3 aromatic carbocycles. The molecule has 1 fully saturated rings. The van der Waals surface area contributed by atoms with Crippen LogP contribution in [0.4, 0.5) is 14.5 Å². The Morgan fingerprint density at radius 3 is 2.29 bits per heavy atom. The van der Waals surface area contributed by atoms with Crippen LogP contribution in [0.5, 0.6) is 5.75 Å². The van der Waals surface area contributed by atoms with Gasteiger partial charge >= 0.3 is 0 Å². The Bertz CT molecular complexity index is 1200. The number of ether oxygens (including phenoxy) is 1. The van der Waals surface area contributed by atoms with Crippen molar-refractivity contribution >= 4 is 11.6 Å². The molecule has 0 radical (unpaired) electrons. The summed E-state index contributed by atoms with van der Waals surface area (Å²) in [6.07, 6.45) is 1.78. The van der Waals surface area contributed by atoms with Crippen LogP contribution in [-0.4, -0.2) is 37.6 Å². The standard InChI is InChI=1S/C28H28F2N2O2/c1-19-3-5-20(6-4-19)17-31-11-9-28(10-12-31)18-32(26-8-7-24(34-2)16-25(26)28)27(33)21-13-22(29)15-23(30)14-21/h3-8,13-16H,9-12,17-18H2,1-2H3. The summed E-state index contributed by atoms with van der Waals surface area (Å²) < 4.78 is 33.1. The lowest BCUT2D eigenvalue weighted by Crippen LogP contribution is -2.45. The van der Waals surface area contributed by atoms with Gasteiger partial charge in [0.1, 0.15) is 17.4 Å². The number of piperidine rings is 1. The summed E-state index contributed by atoms with van der Waals surface area (Å²) in [6, 6.07) is 17.3. The highest BCUT2D eigenvalue weighted by Crippen LogP contribution is 2.48. The van der Waals surface area contributed by atoms with E-state index in [0.29, 0.717) is 6.54 Å². The highest BCUT2D eigenvalue weighted by molar-refractivity contribution is 6.07. The fourth-order valence-corrected chi connectivity index (χ4v) is 5.31. The highest BCUT2D eigenvalue weighted by Gasteiger charge is 2.46. The normalized spacial score (nSPS) is 17.1. The van der Waals surface area contributed by atoms with E-state index >= 15 is 0 Å². The number of nitrogens with zero attached hydrogens (tertiary/aromatic N) is 2. The number of anilines is 1. The number of fused-ring (bicyclic) bond motifs is 2. The SMILES string of the molecule is COc1ccc2c(c1)C1(CCN(Cc3ccc(C)cc3)CC1)CN2C(=O)c1cc(F)cc(F)c1. The second-order valence-corrected chi connectivity index (χ2v) is 9.47. The maximum Gasteiger partial charge on any atom is 0.258 e. The molecule has 4 nitrogen and oxygen atoms in total. The second-order valence-electron chi connectivity index (χ2n) is 9.47. The molecule has 0 N–H and O–H groups in total. The number of amides is 1.